The summed E-state index contributed by atoms with van der Waals surface area (Å²) in [5, 5.41) is 7.05. The number of aryl methyl sites for hydroxylation is 1. The van der Waals surface area contributed by atoms with Gasteiger partial charge in [0.1, 0.15) is 5.82 Å². The molecule has 1 amide bonds. The van der Waals surface area contributed by atoms with Gasteiger partial charge in [-0.1, -0.05) is 0 Å². The lowest BCUT2D eigenvalue weighted by Crippen LogP contribution is -2.28. The van der Waals surface area contributed by atoms with Gasteiger partial charge in [-0.25, -0.2) is 9.07 Å². The fourth-order valence-electron chi connectivity index (χ4n) is 2.38. The highest BCUT2D eigenvalue weighted by molar-refractivity contribution is 5.75. The van der Waals surface area contributed by atoms with Crippen LogP contribution in [0.3, 0.4) is 0 Å². The summed E-state index contributed by atoms with van der Waals surface area (Å²) in [5.74, 6) is -0.518. The summed E-state index contributed by atoms with van der Waals surface area (Å²) in [7, 11) is 0. The standard InChI is InChI=1S/C19H17FN4O2/c20-16-3-1-15(2-4-16)17-5-6-19(26)24(23-17)12-9-18(25)22-13-14-7-10-21-11-8-14/h1-8,10-11H,9,12-13H2,(H,22,25). The number of aromatic nitrogens is 3. The van der Waals surface area contributed by atoms with E-state index in [0.717, 1.165) is 5.56 Å². The van der Waals surface area contributed by atoms with Gasteiger partial charge in [-0.3, -0.25) is 14.6 Å². The molecule has 1 aromatic carbocycles. The van der Waals surface area contributed by atoms with E-state index in [-0.39, 0.29) is 30.2 Å². The van der Waals surface area contributed by atoms with Gasteiger partial charge < -0.3 is 5.32 Å². The van der Waals surface area contributed by atoms with E-state index >= 15 is 0 Å². The lowest BCUT2D eigenvalue weighted by Gasteiger charge is -2.08. The van der Waals surface area contributed by atoms with Gasteiger partial charge in [-0.2, -0.15) is 5.10 Å². The van der Waals surface area contributed by atoms with E-state index < -0.39 is 0 Å². The molecule has 0 atom stereocenters. The minimum absolute atomic E-state index is 0.130. The zero-order chi connectivity index (χ0) is 18.4. The molecular weight excluding hydrogens is 335 g/mol. The van der Waals surface area contributed by atoms with Gasteiger partial charge >= 0.3 is 0 Å². The second kappa shape index (κ2) is 8.15. The smallest absolute Gasteiger partial charge is 0.266 e. The predicted molar refractivity (Wildman–Crippen MR) is 94.6 cm³/mol. The van der Waals surface area contributed by atoms with Crippen LogP contribution in [0, 0.1) is 5.82 Å². The van der Waals surface area contributed by atoms with Crippen molar-refractivity contribution in [2.75, 3.05) is 0 Å². The van der Waals surface area contributed by atoms with Crippen LogP contribution in [-0.4, -0.2) is 20.7 Å². The molecule has 3 rings (SSSR count). The molecule has 0 aliphatic rings. The third kappa shape index (κ3) is 4.60. The fourth-order valence-corrected chi connectivity index (χ4v) is 2.38. The monoisotopic (exact) mass is 352 g/mol. The average Bonchev–Trinajstić information content (AvgIpc) is 2.67. The van der Waals surface area contributed by atoms with E-state index in [0.29, 0.717) is 17.8 Å². The van der Waals surface area contributed by atoms with Crippen LogP contribution in [0.2, 0.25) is 0 Å². The van der Waals surface area contributed by atoms with E-state index in [9.17, 15) is 14.0 Å². The molecule has 0 spiro atoms. The van der Waals surface area contributed by atoms with E-state index in [1.54, 1.807) is 30.6 Å². The van der Waals surface area contributed by atoms with Crippen molar-refractivity contribution in [1.29, 1.82) is 0 Å². The molecule has 0 aliphatic heterocycles. The molecular formula is C19H17FN4O2. The van der Waals surface area contributed by atoms with E-state index in [4.69, 9.17) is 0 Å². The maximum atomic E-state index is 13.0. The number of hydrogen-bond donors (Lipinski definition) is 1. The number of halogens is 1. The van der Waals surface area contributed by atoms with Crippen LogP contribution < -0.4 is 10.9 Å². The quantitative estimate of drug-likeness (QED) is 0.737. The number of hydrogen-bond acceptors (Lipinski definition) is 4. The Morgan fingerprint density at radius 3 is 2.50 bits per heavy atom. The second-order valence-electron chi connectivity index (χ2n) is 5.67. The maximum absolute atomic E-state index is 13.0. The normalized spacial score (nSPS) is 10.5. The van der Waals surface area contributed by atoms with Crippen molar-refractivity contribution in [1.82, 2.24) is 20.1 Å². The highest BCUT2D eigenvalue weighted by atomic mass is 19.1. The molecule has 6 nitrogen and oxygen atoms in total. The minimum atomic E-state index is -0.340. The highest BCUT2D eigenvalue weighted by Crippen LogP contribution is 2.15. The Labute approximate surface area is 149 Å². The number of nitrogens with one attached hydrogen (secondary N) is 1. The zero-order valence-electron chi connectivity index (χ0n) is 13.9. The minimum Gasteiger partial charge on any atom is -0.352 e. The van der Waals surface area contributed by atoms with Gasteiger partial charge in [0.15, 0.2) is 0 Å². The first kappa shape index (κ1) is 17.5. The lowest BCUT2D eigenvalue weighted by molar-refractivity contribution is -0.121. The van der Waals surface area contributed by atoms with Gasteiger partial charge in [0.2, 0.25) is 5.91 Å². The Kier molecular flexibility index (Phi) is 5.48. The fraction of sp³-hybridized carbons (Fsp3) is 0.158. The first-order chi connectivity index (χ1) is 12.6. The third-order valence-corrected chi connectivity index (χ3v) is 3.80. The van der Waals surface area contributed by atoms with Crippen molar-refractivity contribution in [2.24, 2.45) is 0 Å². The molecule has 1 N–H and O–H groups in total. The molecule has 7 heteroatoms. The summed E-state index contributed by atoms with van der Waals surface area (Å²) in [6.45, 7) is 0.565. The number of benzene rings is 1. The summed E-state index contributed by atoms with van der Waals surface area (Å²) in [6, 6.07) is 12.5. The molecule has 0 saturated heterocycles. The molecule has 0 unspecified atom stereocenters. The molecule has 2 aromatic heterocycles. The Balaban J connectivity index is 1.62. The van der Waals surface area contributed by atoms with Gasteiger partial charge in [0.05, 0.1) is 12.2 Å². The molecule has 26 heavy (non-hydrogen) atoms. The molecule has 2 heterocycles. The summed E-state index contributed by atoms with van der Waals surface area (Å²) in [4.78, 5) is 27.8. The summed E-state index contributed by atoms with van der Waals surface area (Å²) >= 11 is 0. The van der Waals surface area contributed by atoms with Crippen molar-refractivity contribution < 1.29 is 9.18 Å². The highest BCUT2D eigenvalue weighted by Gasteiger charge is 2.07. The zero-order valence-corrected chi connectivity index (χ0v) is 13.9. The van der Waals surface area contributed by atoms with Gasteiger partial charge in [-0.15, -0.1) is 0 Å². The molecule has 0 saturated carbocycles. The summed E-state index contributed by atoms with van der Waals surface area (Å²) < 4.78 is 14.3. The Hall–Kier alpha value is -3.35. The van der Waals surface area contributed by atoms with Crippen molar-refractivity contribution in [3.05, 3.63) is 82.7 Å². The van der Waals surface area contributed by atoms with Gasteiger partial charge in [0, 0.05) is 37.0 Å². The van der Waals surface area contributed by atoms with Crippen molar-refractivity contribution >= 4 is 5.91 Å². The maximum Gasteiger partial charge on any atom is 0.266 e. The number of carbonyl (C=O) groups excluding carboxylic acids is 1. The number of carbonyl (C=O) groups is 1. The van der Waals surface area contributed by atoms with Crippen LogP contribution in [0.15, 0.2) is 65.7 Å². The van der Waals surface area contributed by atoms with Crippen molar-refractivity contribution in [3.63, 3.8) is 0 Å². The Morgan fingerprint density at radius 2 is 1.77 bits per heavy atom. The van der Waals surface area contributed by atoms with Crippen LogP contribution in [0.1, 0.15) is 12.0 Å². The van der Waals surface area contributed by atoms with Crippen molar-refractivity contribution in [3.8, 4) is 11.3 Å². The summed E-state index contributed by atoms with van der Waals surface area (Å²) in [6.07, 6.45) is 3.45. The van der Waals surface area contributed by atoms with E-state index in [1.807, 2.05) is 12.1 Å². The molecule has 3 aromatic rings. The molecule has 0 fully saturated rings. The number of rotatable bonds is 6. The van der Waals surface area contributed by atoms with E-state index in [1.165, 1.54) is 22.9 Å². The van der Waals surface area contributed by atoms with Crippen LogP contribution in [0.4, 0.5) is 4.39 Å². The third-order valence-electron chi connectivity index (χ3n) is 3.80. The van der Waals surface area contributed by atoms with Crippen LogP contribution in [-0.2, 0) is 17.9 Å². The van der Waals surface area contributed by atoms with Crippen LogP contribution in [0.25, 0.3) is 11.3 Å². The SMILES string of the molecule is O=C(CCn1nc(-c2ccc(F)cc2)ccc1=O)NCc1ccncc1. The number of nitrogens with zero attached hydrogens (tertiary/aromatic N) is 3. The van der Waals surface area contributed by atoms with Crippen LogP contribution in [0.5, 0.6) is 0 Å². The topological polar surface area (TPSA) is 76.9 Å². The first-order valence-electron chi connectivity index (χ1n) is 8.11. The first-order valence-corrected chi connectivity index (χ1v) is 8.11. The van der Waals surface area contributed by atoms with E-state index in [2.05, 4.69) is 15.4 Å². The molecule has 0 bridgehead atoms. The Bertz CT molecular complexity index is 940. The largest absolute Gasteiger partial charge is 0.352 e. The van der Waals surface area contributed by atoms with Crippen molar-refractivity contribution in [2.45, 2.75) is 19.5 Å². The molecule has 0 radical (unpaired) electrons. The molecule has 132 valence electrons. The summed E-state index contributed by atoms with van der Waals surface area (Å²) in [5.41, 5.74) is 1.89. The van der Waals surface area contributed by atoms with Gasteiger partial charge in [0.25, 0.3) is 5.56 Å². The lowest BCUT2D eigenvalue weighted by atomic mass is 10.1. The van der Waals surface area contributed by atoms with Gasteiger partial charge in [-0.05, 0) is 48.0 Å². The number of amides is 1. The van der Waals surface area contributed by atoms with Crippen LogP contribution >= 0.6 is 0 Å². The Morgan fingerprint density at radius 1 is 1.04 bits per heavy atom. The second-order valence-corrected chi connectivity index (χ2v) is 5.67. The molecule has 0 aliphatic carbocycles. The average molecular weight is 352 g/mol. The number of pyridine rings is 1. The predicted octanol–water partition coefficient (Wildman–Crippen LogP) is 2.15.